The predicted molar refractivity (Wildman–Crippen MR) is 42.4 cm³/mol. The first kappa shape index (κ1) is 9.19. The average Bonchev–Trinajstić information content (AvgIpc) is 2.23. The summed E-state index contributed by atoms with van der Waals surface area (Å²) in [6.45, 7) is 3.23. The van der Waals surface area contributed by atoms with Crippen LogP contribution in [0.1, 0.15) is 13.8 Å². The smallest absolute Gasteiger partial charge is 0.226 e. The molecular formula is C8H13NO3. The van der Waals surface area contributed by atoms with E-state index in [1.165, 1.54) is 0 Å². The largest absolute Gasteiger partial charge is 0.394 e. The highest BCUT2D eigenvalue weighted by atomic mass is 16.3. The van der Waals surface area contributed by atoms with Gasteiger partial charge >= 0.3 is 0 Å². The Morgan fingerprint density at radius 1 is 1.67 bits per heavy atom. The number of hydrogen-bond acceptors (Lipinski definition) is 3. The van der Waals surface area contributed by atoms with Crippen LogP contribution < -0.4 is 5.32 Å². The first-order valence-electron chi connectivity index (χ1n) is 3.91. The summed E-state index contributed by atoms with van der Waals surface area (Å²) >= 11 is 0. The third-order valence-electron chi connectivity index (χ3n) is 2.51. The van der Waals surface area contributed by atoms with Gasteiger partial charge in [0.15, 0.2) is 0 Å². The number of aldehydes is 1. The number of rotatable bonds is 2. The van der Waals surface area contributed by atoms with Crippen molar-refractivity contribution in [1.29, 1.82) is 0 Å². The Labute approximate surface area is 71.0 Å². The zero-order valence-corrected chi connectivity index (χ0v) is 7.20. The van der Waals surface area contributed by atoms with E-state index in [0.717, 1.165) is 6.29 Å². The van der Waals surface area contributed by atoms with Crippen molar-refractivity contribution in [2.24, 2.45) is 11.3 Å². The highest BCUT2D eigenvalue weighted by molar-refractivity contribution is 5.89. The lowest BCUT2D eigenvalue weighted by Gasteiger charge is -2.20. The van der Waals surface area contributed by atoms with Gasteiger partial charge in [-0.3, -0.25) is 4.79 Å². The van der Waals surface area contributed by atoms with Gasteiger partial charge in [0, 0.05) is 0 Å². The van der Waals surface area contributed by atoms with Gasteiger partial charge in [0.2, 0.25) is 5.91 Å². The molecule has 0 saturated carbocycles. The molecule has 2 N–H and O–H groups in total. The van der Waals surface area contributed by atoms with E-state index in [-0.39, 0.29) is 12.5 Å². The molecule has 0 aromatic carbocycles. The normalized spacial score (nSPS) is 33.1. The minimum absolute atomic E-state index is 0.168. The molecule has 4 nitrogen and oxygen atoms in total. The maximum absolute atomic E-state index is 11.3. The summed E-state index contributed by atoms with van der Waals surface area (Å²) in [5, 5.41) is 11.4. The van der Waals surface area contributed by atoms with Crippen LogP contribution in [0.25, 0.3) is 0 Å². The van der Waals surface area contributed by atoms with Gasteiger partial charge in [0.25, 0.3) is 0 Å². The summed E-state index contributed by atoms with van der Waals surface area (Å²) in [4.78, 5) is 21.9. The van der Waals surface area contributed by atoms with E-state index in [9.17, 15) is 9.59 Å². The molecule has 1 rings (SSSR count). The molecule has 0 bridgehead atoms. The molecule has 0 spiro atoms. The summed E-state index contributed by atoms with van der Waals surface area (Å²) in [5.74, 6) is -0.589. The van der Waals surface area contributed by atoms with Gasteiger partial charge in [-0.15, -0.1) is 0 Å². The number of amides is 1. The monoisotopic (exact) mass is 171 g/mol. The van der Waals surface area contributed by atoms with Crippen LogP contribution >= 0.6 is 0 Å². The number of hydrogen-bond donors (Lipinski definition) is 2. The quantitative estimate of drug-likeness (QED) is 0.541. The van der Waals surface area contributed by atoms with Crippen LogP contribution in [0.2, 0.25) is 0 Å². The molecule has 0 aromatic heterocycles. The lowest BCUT2D eigenvalue weighted by atomic mass is 9.79. The van der Waals surface area contributed by atoms with Crippen LogP contribution in [-0.2, 0) is 9.59 Å². The summed E-state index contributed by atoms with van der Waals surface area (Å²) in [5.41, 5.74) is -0.685. The number of carbonyl (C=O) groups is 2. The highest BCUT2D eigenvalue weighted by Gasteiger charge is 2.48. The Kier molecular flexibility index (Phi) is 2.19. The van der Waals surface area contributed by atoms with E-state index in [2.05, 4.69) is 5.32 Å². The number of carbonyl (C=O) groups excluding carboxylic acids is 2. The molecule has 1 heterocycles. The molecule has 1 saturated heterocycles. The van der Waals surface area contributed by atoms with Crippen molar-refractivity contribution in [2.75, 3.05) is 6.61 Å². The second-order valence-electron chi connectivity index (χ2n) is 3.65. The predicted octanol–water partition coefficient (Wildman–Crippen LogP) is -0.682. The Morgan fingerprint density at radius 2 is 2.25 bits per heavy atom. The molecule has 68 valence electrons. The second kappa shape index (κ2) is 2.86. The molecule has 0 aromatic rings. The van der Waals surface area contributed by atoms with Crippen molar-refractivity contribution >= 4 is 12.2 Å². The third-order valence-corrected chi connectivity index (χ3v) is 2.51. The summed E-state index contributed by atoms with van der Waals surface area (Å²) < 4.78 is 0. The van der Waals surface area contributed by atoms with E-state index < -0.39 is 17.4 Å². The molecule has 2 atom stereocenters. The van der Waals surface area contributed by atoms with E-state index in [0.29, 0.717) is 0 Å². The first-order chi connectivity index (χ1) is 5.54. The first-order valence-corrected chi connectivity index (χ1v) is 3.91. The molecule has 4 heteroatoms. The lowest BCUT2D eigenvalue weighted by molar-refractivity contribution is -0.129. The maximum atomic E-state index is 11.3. The van der Waals surface area contributed by atoms with E-state index in [4.69, 9.17) is 5.11 Å². The van der Waals surface area contributed by atoms with Crippen molar-refractivity contribution in [1.82, 2.24) is 5.32 Å². The van der Waals surface area contributed by atoms with Crippen LogP contribution in [-0.4, -0.2) is 29.9 Å². The van der Waals surface area contributed by atoms with Gasteiger partial charge in [-0.1, -0.05) is 13.8 Å². The standard InChI is InChI=1S/C8H13NO3/c1-8(2)5(3-10)6(4-11)9-7(8)12/h3,5-6,11H,4H2,1-2H3,(H,9,12). The zero-order valence-electron chi connectivity index (χ0n) is 7.20. The van der Waals surface area contributed by atoms with Crippen LogP contribution in [0.15, 0.2) is 0 Å². The summed E-state index contributed by atoms with van der Waals surface area (Å²) in [6, 6.07) is -0.412. The Morgan fingerprint density at radius 3 is 2.58 bits per heavy atom. The van der Waals surface area contributed by atoms with Gasteiger partial charge in [-0.05, 0) is 0 Å². The minimum Gasteiger partial charge on any atom is -0.394 e. The van der Waals surface area contributed by atoms with Crippen molar-refractivity contribution < 1.29 is 14.7 Å². The van der Waals surface area contributed by atoms with Crippen LogP contribution in [0, 0.1) is 11.3 Å². The molecule has 1 aliphatic rings. The fourth-order valence-electron chi connectivity index (χ4n) is 1.52. The van der Waals surface area contributed by atoms with E-state index in [1.54, 1.807) is 13.8 Å². The third kappa shape index (κ3) is 1.12. The van der Waals surface area contributed by atoms with Gasteiger partial charge in [0.05, 0.1) is 24.0 Å². The number of aliphatic hydroxyl groups is 1. The van der Waals surface area contributed by atoms with Crippen LogP contribution in [0.3, 0.4) is 0 Å². The van der Waals surface area contributed by atoms with Gasteiger partial charge in [-0.2, -0.15) is 0 Å². The molecule has 1 amide bonds. The van der Waals surface area contributed by atoms with Gasteiger partial charge in [-0.25, -0.2) is 0 Å². The van der Waals surface area contributed by atoms with Crippen molar-refractivity contribution in [3.8, 4) is 0 Å². The Balaban J connectivity index is 2.90. The molecule has 12 heavy (non-hydrogen) atoms. The van der Waals surface area contributed by atoms with Crippen molar-refractivity contribution in [3.05, 3.63) is 0 Å². The minimum atomic E-state index is -0.685. The average molecular weight is 171 g/mol. The topological polar surface area (TPSA) is 66.4 Å². The fourth-order valence-corrected chi connectivity index (χ4v) is 1.52. The zero-order chi connectivity index (χ0) is 9.35. The summed E-state index contributed by atoms with van der Waals surface area (Å²) in [7, 11) is 0. The Bertz CT molecular complexity index is 212. The van der Waals surface area contributed by atoms with Crippen LogP contribution in [0.5, 0.6) is 0 Å². The fraction of sp³-hybridized carbons (Fsp3) is 0.750. The lowest BCUT2D eigenvalue weighted by Crippen LogP contribution is -2.33. The molecule has 1 aliphatic heterocycles. The number of nitrogens with one attached hydrogen (secondary N) is 1. The highest BCUT2D eigenvalue weighted by Crippen LogP contribution is 2.33. The Hall–Kier alpha value is -0.900. The number of aliphatic hydroxyl groups excluding tert-OH is 1. The van der Waals surface area contributed by atoms with Crippen molar-refractivity contribution in [3.63, 3.8) is 0 Å². The SMILES string of the molecule is CC1(C)C(=O)NC(CO)C1C=O. The molecule has 0 aliphatic carbocycles. The van der Waals surface area contributed by atoms with E-state index in [1.807, 2.05) is 0 Å². The maximum Gasteiger partial charge on any atom is 0.226 e. The second-order valence-corrected chi connectivity index (χ2v) is 3.65. The van der Waals surface area contributed by atoms with E-state index >= 15 is 0 Å². The molecule has 1 fully saturated rings. The molecule has 0 radical (unpaired) electrons. The van der Waals surface area contributed by atoms with Crippen LogP contribution in [0.4, 0.5) is 0 Å². The van der Waals surface area contributed by atoms with Crippen molar-refractivity contribution in [2.45, 2.75) is 19.9 Å². The molecule has 2 unspecified atom stereocenters. The van der Waals surface area contributed by atoms with Gasteiger partial charge in [0.1, 0.15) is 6.29 Å². The van der Waals surface area contributed by atoms with Gasteiger partial charge < -0.3 is 15.2 Å². The summed E-state index contributed by atoms with van der Waals surface area (Å²) in [6.07, 6.45) is 0.735. The molecular weight excluding hydrogens is 158 g/mol.